The van der Waals surface area contributed by atoms with E-state index in [0.29, 0.717) is 12.2 Å². The number of nitrogen functional groups attached to an aromatic ring is 1. The molecule has 1 atom stereocenters. The van der Waals surface area contributed by atoms with Gasteiger partial charge in [0.25, 0.3) is 5.91 Å². The summed E-state index contributed by atoms with van der Waals surface area (Å²) in [6.07, 6.45) is 2.27. The number of anilines is 1. The van der Waals surface area contributed by atoms with Crippen LogP contribution in [0.25, 0.3) is 0 Å². The molecule has 0 aromatic heterocycles. The number of amides is 1. The molecule has 2 rings (SSSR count). The summed E-state index contributed by atoms with van der Waals surface area (Å²) in [5.74, 6) is 0.380. The van der Waals surface area contributed by atoms with E-state index in [0.717, 1.165) is 12.2 Å². The Morgan fingerprint density at radius 1 is 1.61 bits per heavy atom. The van der Waals surface area contributed by atoms with Crippen molar-refractivity contribution in [3.63, 3.8) is 0 Å². The van der Waals surface area contributed by atoms with Crippen molar-refractivity contribution in [3.8, 4) is 0 Å². The monoisotopic (exact) mass is 268 g/mol. The highest BCUT2D eigenvalue weighted by Gasteiger charge is 2.30. The second-order valence-corrected chi connectivity index (χ2v) is 6.50. The molecule has 18 heavy (non-hydrogen) atoms. The molecule has 0 aliphatic carbocycles. The van der Waals surface area contributed by atoms with Crippen LogP contribution in [0.5, 0.6) is 0 Å². The normalized spacial score (nSPS) is 23.0. The molecule has 1 fully saturated rings. The first-order valence-corrected chi connectivity index (χ1v) is 6.96. The molecule has 3 N–H and O–H groups in total. The molecule has 0 bridgehead atoms. The van der Waals surface area contributed by atoms with Gasteiger partial charge in [0.05, 0.1) is 5.56 Å². The van der Waals surface area contributed by atoms with Gasteiger partial charge in [0.2, 0.25) is 0 Å². The van der Waals surface area contributed by atoms with Gasteiger partial charge in [0.1, 0.15) is 5.82 Å². The number of nitrogens with two attached hydrogens (primary N) is 1. The van der Waals surface area contributed by atoms with Gasteiger partial charge in [-0.1, -0.05) is 0 Å². The van der Waals surface area contributed by atoms with Gasteiger partial charge in [0, 0.05) is 17.0 Å². The number of carbonyl (C=O) groups is 1. The van der Waals surface area contributed by atoms with Crippen molar-refractivity contribution in [2.45, 2.75) is 24.5 Å². The number of nitrogens with one attached hydrogen (secondary N) is 1. The molecule has 5 heteroatoms. The number of hydrogen-bond acceptors (Lipinski definition) is 3. The fraction of sp³-hybridized carbons (Fsp3) is 0.462. The quantitative estimate of drug-likeness (QED) is 0.828. The van der Waals surface area contributed by atoms with Gasteiger partial charge < -0.3 is 11.1 Å². The third kappa shape index (κ3) is 2.96. The fourth-order valence-electron chi connectivity index (χ4n) is 2.06. The summed E-state index contributed by atoms with van der Waals surface area (Å²) in [5.41, 5.74) is 6.19. The Hall–Kier alpha value is -1.23. The average Bonchev–Trinajstić information content (AvgIpc) is 2.77. The highest BCUT2D eigenvalue weighted by atomic mass is 32.2. The molecular formula is C13H17FN2OS. The van der Waals surface area contributed by atoms with E-state index >= 15 is 0 Å². The zero-order valence-electron chi connectivity index (χ0n) is 10.3. The van der Waals surface area contributed by atoms with Crippen molar-refractivity contribution in [1.82, 2.24) is 5.32 Å². The van der Waals surface area contributed by atoms with E-state index in [9.17, 15) is 9.18 Å². The topological polar surface area (TPSA) is 55.1 Å². The minimum atomic E-state index is -0.448. The summed E-state index contributed by atoms with van der Waals surface area (Å²) in [4.78, 5) is 11.9. The highest BCUT2D eigenvalue weighted by molar-refractivity contribution is 8.00. The third-order valence-electron chi connectivity index (χ3n) is 3.18. The Bertz CT molecular complexity index is 458. The van der Waals surface area contributed by atoms with E-state index in [-0.39, 0.29) is 16.2 Å². The maximum atomic E-state index is 13.1. The van der Waals surface area contributed by atoms with Crippen molar-refractivity contribution in [2.75, 3.05) is 18.0 Å². The summed E-state index contributed by atoms with van der Waals surface area (Å²) in [7, 11) is 0. The molecule has 1 amide bonds. The maximum Gasteiger partial charge on any atom is 0.253 e. The predicted molar refractivity (Wildman–Crippen MR) is 73.2 cm³/mol. The summed E-state index contributed by atoms with van der Waals surface area (Å²) >= 11 is 1.87. The molecule has 1 unspecified atom stereocenters. The molecule has 1 heterocycles. The average molecular weight is 268 g/mol. The molecule has 1 aliphatic heterocycles. The lowest BCUT2D eigenvalue weighted by Crippen LogP contribution is -2.37. The first-order valence-electron chi connectivity index (χ1n) is 5.97. The number of benzene rings is 1. The Balaban J connectivity index is 2.01. The van der Waals surface area contributed by atoms with Gasteiger partial charge in [0.15, 0.2) is 0 Å². The summed E-state index contributed by atoms with van der Waals surface area (Å²) < 4.78 is 13.2. The largest absolute Gasteiger partial charge is 0.398 e. The second kappa shape index (κ2) is 5.18. The molecule has 1 aliphatic rings. The first kappa shape index (κ1) is 13.2. The van der Waals surface area contributed by atoms with Crippen LogP contribution in [0.4, 0.5) is 10.1 Å². The standard InChI is InChI=1S/C13H17FN2OS/c1-13(5-2-6-18-13)8-16-12(17)10-7-9(14)3-4-11(10)15/h3-4,7H,2,5-6,8,15H2,1H3,(H,16,17). The molecule has 1 aromatic rings. The van der Waals surface area contributed by atoms with Gasteiger partial charge in [-0.05, 0) is 43.7 Å². The van der Waals surface area contributed by atoms with Crippen LogP contribution in [-0.2, 0) is 0 Å². The molecular weight excluding hydrogens is 251 g/mol. The van der Waals surface area contributed by atoms with E-state index in [2.05, 4.69) is 12.2 Å². The Morgan fingerprint density at radius 2 is 2.39 bits per heavy atom. The van der Waals surface area contributed by atoms with Crippen LogP contribution in [-0.4, -0.2) is 23.0 Å². The first-order chi connectivity index (χ1) is 8.50. The zero-order valence-corrected chi connectivity index (χ0v) is 11.1. The van der Waals surface area contributed by atoms with Gasteiger partial charge in [-0.15, -0.1) is 0 Å². The molecule has 3 nitrogen and oxygen atoms in total. The van der Waals surface area contributed by atoms with E-state index in [1.807, 2.05) is 11.8 Å². The zero-order chi connectivity index (χ0) is 13.2. The van der Waals surface area contributed by atoms with E-state index < -0.39 is 5.82 Å². The minimum absolute atomic E-state index is 0.0950. The van der Waals surface area contributed by atoms with Crippen LogP contribution >= 0.6 is 11.8 Å². The van der Waals surface area contributed by atoms with Gasteiger partial charge in [-0.25, -0.2) is 4.39 Å². The van der Waals surface area contributed by atoms with Crippen LogP contribution < -0.4 is 11.1 Å². The van der Waals surface area contributed by atoms with E-state index in [1.165, 1.54) is 24.6 Å². The Kier molecular flexibility index (Phi) is 3.80. The molecule has 0 radical (unpaired) electrons. The van der Waals surface area contributed by atoms with Crippen molar-refractivity contribution in [2.24, 2.45) is 0 Å². The minimum Gasteiger partial charge on any atom is -0.398 e. The highest BCUT2D eigenvalue weighted by Crippen LogP contribution is 2.37. The number of thioether (sulfide) groups is 1. The van der Waals surface area contributed by atoms with Crippen LogP contribution in [0.1, 0.15) is 30.1 Å². The molecule has 0 saturated carbocycles. The molecule has 1 saturated heterocycles. The summed E-state index contributed by atoms with van der Waals surface area (Å²) in [5, 5.41) is 2.84. The number of halogens is 1. The van der Waals surface area contributed by atoms with Crippen molar-refractivity contribution >= 4 is 23.4 Å². The van der Waals surface area contributed by atoms with Crippen LogP contribution in [0.3, 0.4) is 0 Å². The van der Waals surface area contributed by atoms with Crippen molar-refractivity contribution < 1.29 is 9.18 Å². The molecule has 1 aromatic carbocycles. The molecule has 98 valence electrons. The van der Waals surface area contributed by atoms with E-state index in [4.69, 9.17) is 5.73 Å². The lowest BCUT2D eigenvalue weighted by Gasteiger charge is -2.23. The van der Waals surface area contributed by atoms with Gasteiger partial charge >= 0.3 is 0 Å². The number of carbonyl (C=O) groups excluding carboxylic acids is 1. The van der Waals surface area contributed by atoms with Gasteiger partial charge in [-0.2, -0.15) is 11.8 Å². The van der Waals surface area contributed by atoms with Crippen molar-refractivity contribution in [1.29, 1.82) is 0 Å². The Morgan fingerprint density at radius 3 is 3.06 bits per heavy atom. The maximum absolute atomic E-state index is 13.1. The summed E-state index contributed by atoms with van der Waals surface area (Å²) in [6, 6.07) is 3.84. The Labute approximate surface area is 110 Å². The fourth-order valence-corrected chi connectivity index (χ4v) is 3.31. The molecule has 0 spiro atoms. The van der Waals surface area contributed by atoms with E-state index in [1.54, 1.807) is 0 Å². The van der Waals surface area contributed by atoms with Crippen LogP contribution in [0.15, 0.2) is 18.2 Å². The number of rotatable bonds is 3. The third-order valence-corrected chi connectivity index (χ3v) is 4.72. The smallest absolute Gasteiger partial charge is 0.253 e. The second-order valence-electron chi connectivity index (χ2n) is 4.82. The lowest BCUT2D eigenvalue weighted by molar-refractivity contribution is 0.0950. The summed E-state index contributed by atoms with van der Waals surface area (Å²) in [6.45, 7) is 2.73. The lowest BCUT2D eigenvalue weighted by atomic mass is 10.1. The van der Waals surface area contributed by atoms with Crippen LogP contribution in [0, 0.1) is 5.82 Å². The van der Waals surface area contributed by atoms with Crippen molar-refractivity contribution in [3.05, 3.63) is 29.6 Å². The SMILES string of the molecule is CC1(CNC(=O)c2cc(F)ccc2N)CCCS1. The number of hydrogen-bond donors (Lipinski definition) is 2. The predicted octanol–water partition coefficient (Wildman–Crippen LogP) is 2.42. The van der Waals surface area contributed by atoms with Crippen LogP contribution in [0.2, 0.25) is 0 Å². The van der Waals surface area contributed by atoms with Gasteiger partial charge in [-0.3, -0.25) is 4.79 Å².